The minimum atomic E-state index is -0.268. The first kappa shape index (κ1) is 18.3. The Morgan fingerprint density at radius 3 is 2.69 bits per heavy atom. The van der Waals surface area contributed by atoms with E-state index in [0.29, 0.717) is 5.76 Å². The molecule has 1 atom stereocenters. The van der Waals surface area contributed by atoms with Crippen molar-refractivity contribution in [2.75, 3.05) is 0 Å². The number of nitrogens with one attached hydrogen (secondary N) is 1. The number of carbonyl (C=O) groups is 1. The summed E-state index contributed by atoms with van der Waals surface area (Å²) in [6.45, 7) is 4.14. The van der Waals surface area contributed by atoms with Crippen LogP contribution in [0, 0.1) is 6.92 Å². The van der Waals surface area contributed by atoms with Crippen molar-refractivity contribution < 1.29 is 13.9 Å². The summed E-state index contributed by atoms with van der Waals surface area (Å²) in [6, 6.07) is 10.8. The maximum Gasteiger partial charge on any atom is 0.287 e. The molecule has 0 aliphatic heterocycles. The Hall–Kier alpha value is -2.54. The number of nitrogens with zero attached hydrogens (tertiary/aromatic N) is 2. The highest BCUT2D eigenvalue weighted by Crippen LogP contribution is 2.19. The van der Waals surface area contributed by atoms with Gasteiger partial charge in [0.15, 0.2) is 5.76 Å². The van der Waals surface area contributed by atoms with E-state index in [1.54, 1.807) is 23.0 Å². The molecular weight excluding hydrogens is 398 g/mol. The van der Waals surface area contributed by atoms with Crippen molar-refractivity contribution in [2.45, 2.75) is 26.5 Å². The molecule has 0 saturated heterocycles. The first-order valence-electron chi connectivity index (χ1n) is 8.20. The standard InChI is InChI=1S/C19H20BrN3O3/c1-12(17-10-21-23(3)13(17)2)22-19(24)18-9-8-16(26-18)11-25-15-6-4-14(20)5-7-15/h4-10,12H,11H2,1-3H3,(H,22,24). The Morgan fingerprint density at radius 2 is 2.04 bits per heavy atom. The van der Waals surface area contributed by atoms with Crippen molar-refractivity contribution in [1.82, 2.24) is 15.1 Å². The minimum absolute atomic E-state index is 0.163. The van der Waals surface area contributed by atoms with E-state index in [1.807, 2.05) is 45.2 Å². The van der Waals surface area contributed by atoms with Crippen molar-refractivity contribution in [2.24, 2.45) is 7.05 Å². The van der Waals surface area contributed by atoms with Crippen molar-refractivity contribution >= 4 is 21.8 Å². The molecule has 6 nitrogen and oxygen atoms in total. The zero-order valence-corrected chi connectivity index (χ0v) is 16.4. The molecule has 26 heavy (non-hydrogen) atoms. The summed E-state index contributed by atoms with van der Waals surface area (Å²) >= 11 is 3.38. The van der Waals surface area contributed by atoms with Crippen LogP contribution in [-0.2, 0) is 13.7 Å². The van der Waals surface area contributed by atoms with Gasteiger partial charge in [-0.2, -0.15) is 5.10 Å². The number of aromatic nitrogens is 2. The molecule has 0 fully saturated rings. The zero-order chi connectivity index (χ0) is 18.7. The van der Waals surface area contributed by atoms with Crippen LogP contribution < -0.4 is 10.1 Å². The lowest BCUT2D eigenvalue weighted by Gasteiger charge is -2.12. The summed E-state index contributed by atoms with van der Waals surface area (Å²) in [7, 11) is 1.87. The summed E-state index contributed by atoms with van der Waals surface area (Å²) in [4.78, 5) is 12.4. The number of furan rings is 1. The van der Waals surface area contributed by atoms with Crippen LogP contribution in [0.3, 0.4) is 0 Å². The fourth-order valence-corrected chi connectivity index (χ4v) is 2.81. The molecule has 2 heterocycles. The van der Waals surface area contributed by atoms with Crippen LogP contribution >= 0.6 is 15.9 Å². The highest BCUT2D eigenvalue weighted by molar-refractivity contribution is 9.10. The molecule has 2 aromatic heterocycles. The van der Waals surface area contributed by atoms with E-state index >= 15 is 0 Å². The molecule has 1 aromatic carbocycles. The van der Waals surface area contributed by atoms with Crippen LogP contribution in [0.1, 0.15) is 40.5 Å². The van der Waals surface area contributed by atoms with Gasteiger partial charge in [-0.1, -0.05) is 15.9 Å². The van der Waals surface area contributed by atoms with E-state index in [-0.39, 0.29) is 24.3 Å². The molecule has 0 aliphatic carbocycles. The molecule has 0 aliphatic rings. The van der Waals surface area contributed by atoms with Gasteiger partial charge in [0.25, 0.3) is 5.91 Å². The van der Waals surface area contributed by atoms with Crippen LogP contribution in [0.4, 0.5) is 0 Å². The van der Waals surface area contributed by atoms with E-state index < -0.39 is 0 Å². The molecule has 0 bridgehead atoms. The third kappa shape index (κ3) is 4.16. The third-order valence-corrected chi connectivity index (χ3v) is 4.70. The molecule has 3 aromatic rings. The van der Waals surface area contributed by atoms with Gasteiger partial charge in [0.1, 0.15) is 18.1 Å². The molecule has 0 spiro atoms. The van der Waals surface area contributed by atoms with Gasteiger partial charge in [-0.3, -0.25) is 9.48 Å². The predicted octanol–water partition coefficient (Wildman–Crippen LogP) is 4.15. The van der Waals surface area contributed by atoms with Crippen LogP contribution in [0.5, 0.6) is 5.75 Å². The molecule has 136 valence electrons. The smallest absolute Gasteiger partial charge is 0.287 e. The second-order valence-electron chi connectivity index (χ2n) is 6.01. The van der Waals surface area contributed by atoms with Gasteiger partial charge in [0, 0.05) is 22.8 Å². The maximum absolute atomic E-state index is 12.4. The number of carbonyl (C=O) groups excluding carboxylic acids is 1. The first-order chi connectivity index (χ1) is 12.4. The highest BCUT2D eigenvalue weighted by atomic mass is 79.9. The SMILES string of the molecule is Cc1c(C(C)NC(=O)c2ccc(COc3ccc(Br)cc3)o2)cnn1C. The molecule has 1 amide bonds. The molecule has 0 radical (unpaired) electrons. The molecular formula is C19H20BrN3O3. The highest BCUT2D eigenvalue weighted by Gasteiger charge is 2.18. The minimum Gasteiger partial charge on any atom is -0.486 e. The maximum atomic E-state index is 12.4. The lowest BCUT2D eigenvalue weighted by Crippen LogP contribution is -2.26. The second kappa shape index (κ2) is 7.78. The predicted molar refractivity (Wildman–Crippen MR) is 101 cm³/mol. The molecule has 1 N–H and O–H groups in total. The number of hydrogen-bond donors (Lipinski definition) is 1. The van der Waals surface area contributed by atoms with E-state index in [9.17, 15) is 4.79 Å². The summed E-state index contributed by atoms with van der Waals surface area (Å²) in [5.74, 6) is 1.31. The zero-order valence-electron chi connectivity index (χ0n) is 14.8. The Bertz CT molecular complexity index is 899. The van der Waals surface area contributed by atoms with Gasteiger partial charge >= 0.3 is 0 Å². The molecule has 0 saturated carbocycles. The summed E-state index contributed by atoms with van der Waals surface area (Å²) in [5, 5.41) is 7.13. The topological polar surface area (TPSA) is 69.3 Å². The quantitative estimate of drug-likeness (QED) is 0.653. The Balaban J connectivity index is 1.59. The monoisotopic (exact) mass is 417 g/mol. The van der Waals surface area contributed by atoms with Crippen LogP contribution in [0.2, 0.25) is 0 Å². The molecule has 7 heteroatoms. The van der Waals surface area contributed by atoms with Crippen LogP contribution in [0.25, 0.3) is 0 Å². The van der Waals surface area contributed by atoms with Crippen LogP contribution in [-0.4, -0.2) is 15.7 Å². The van der Waals surface area contributed by atoms with E-state index in [2.05, 4.69) is 26.3 Å². The van der Waals surface area contributed by atoms with Gasteiger partial charge in [0.05, 0.1) is 12.2 Å². The second-order valence-corrected chi connectivity index (χ2v) is 6.93. The number of benzene rings is 1. The Kier molecular flexibility index (Phi) is 5.46. The van der Waals surface area contributed by atoms with Gasteiger partial charge in [-0.05, 0) is 50.2 Å². The van der Waals surface area contributed by atoms with E-state index in [1.165, 1.54) is 0 Å². The summed E-state index contributed by atoms with van der Waals surface area (Å²) in [6.07, 6.45) is 1.76. The fraction of sp³-hybridized carbons (Fsp3) is 0.263. The number of halogens is 1. The van der Waals surface area contributed by atoms with Gasteiger partial charge in [0.2, 0.25) is 0 Å². The van der Waals surface area contributed by atoms with E-state index in [0.717, 1.165) is 21.5 Å². The number of rotatable bonds is 6. The largest absolute Gasteiger partial charge is 0.486 e. The van der Waals surface area contributed by atoms with Crippen LogP contribution in [0.15, 0.2) is 51.5 Å². The number of hydrogen-bond acceptors (Lipinski definition) is 4. The average Bonchev–Trinajstić information content (AvgIpc) is 3.22. The molecule has 3 rings (SSSR count). The lowest BCUT2D eigenvalue weighted by atomic mass is 10.1. The van der Waals surface area contributed by atoms with Crippen molar-refractivity contribution in [3.05, 3.63) is 69.8 Å². The van der Waals surface area contributed by atoms with E-state index in [4.69, 9.17) is 9.15 Å². The number of amides is 1. The number of aryl methyl sites for hydroxylation is 1. The first-order valence-corrected chi connectivity index (χ1v) is 9.00. The third-order valence-electron chi connectivity index (χ3n) is 4.17. The molecule has 1 unspecified atom stereocenters. The fourth-order valence-electron chi connectivity index (χ4n) is 2.55. The normalized spacial score (nSPS) is 12.0. The summed E-state index contributed by atoms with van der Waals surface area (Å²) < 4.78 is 14.0. The van der Waals surface area contributed by atoms with Gasteiger partial charge in [-0.15, -0.1) is 0 Å². The van der Waals surface area contributed by atoms with Crippen molar-refractivity contribution in [1.29, 1.82) is 0 Å². The summed E-state index contributed by atoms with van der Waals surface area (Å²) in [5.41, 5.74) is 1.99. The van der Waals surface area contributed by atoms with Crippen molar-refractivity contribution in [3.63, 3.8) is 0 Å². The van der Waals surface area contributed by atoms with Gasteiger partial charge in [-0.25, -0.2) is 0 Å². The Morgan fingerprint density at radius 1 is 1.31 bits per heavy atom. The van der Waals surface area contributed by atoms with Crippen molar-refractivity contribution in [3.8, 4) is 5.75 Å². The number of ether oxygens (including phenoxy) is 1. The lowest BCUT2D eigenvalue weighted by molar-refractivity contribution is 0.0907. The van der Waals surface area contributed by atoms with Gasteiger partial charge < -0.3 is 14.5 Å². The Labute approximate surface area is 160 Å². The average molecular weight is 418 g/mol.